The quantitative estimate of drug-likeness (QED) is 0.796. The van der Waals surface area contributed by atoms with Crippen LogP contribution in [0.4, 0.5) is 0 Å². The smallest absolute Gasteiger partial charge is 0.232 e. The van der Waals surface area contributed by atoms with Crippen molar-refractivity contribution in [3.05, 3.63) is 63.3 Å². The molecule has 1 fully saturated rings. The lowest BCUT2D eigenvalue weighted by atomic mass is 10.0. The third-order valence-electron chi connectivity index (χ3n) is 4.01. The summed E-state index contributed by atoms with van der Waals surface area (Å²) in [6.45, 7) is 0. The highest BCUT2D eigenvalue weighted by Crippen LogP contribution is 2.44. The molecular weight excluding hydrogens is 344 g/mol. The number of rotatable bonds is 2. The van der Waals surface area contributed by atoms with Crippen LogP contribution in [-0.4, -0.2) is 10.9 Å². The molecule has 1 saturated carbocycles. The van der Waals surface area contributed by atoms with Gasteiger partial charge in [-0.25, -0.2) is 0 Å². The second-order valence-corrected chi connectivity index (χ2v) is 6.50. The largest absolute Gasteiger partial charge is 0.508 e. The Labute approximate surface area is 136 Å². The molecule has 22 heavy (non-hydrogen) atoms. The predicted molar refractivity (Wildman–Crippen MR) is 87.2 cm³/mol. The number of allylic oxidation sites excluding steroid dienone is 1. The molecule has 2 aromatic carbocycles. The lowest BCUT2D eigenvalue weighted by molar-refractivity contribution is 0.101. The van der Waals surface area contributed by atoms with Gasteiger partial charge in [-0.05, 0) is 76.2 Å². The van der Waals surface area contributed by atoms with Gasteiger partial charge in [0.1, 0.15) is 5.75 Å². The number of phenols is 1. The lowest BCUT2D eigenvalue weighted by Crippen LogP contribution is -1.98. The SMILES string of the molecule is O=C1/C(=C/c2ccc(O)c(C3CC3)c2)Oc2c(Br)cccc21. The molecule has 2 aliphatic rings. The van der Waals surface area contributed by atoms with Crippen molar-refractivity contribution in [2.24, 2.45) is 0 Å². The molecule has 0 saturated heterocycles. The zero-order valence-corrected chi connectivity index (χ0v) is 13.3. The number of carbonyl (C=O) groups is 1. The molecule has 0 radical (unpaired) electrons. The Bertz CT molecular complexity index is 819. The van der Waals surface area contributed by atoms with Gasteiger partial charge in [0.25, 0.3) is 0 Å². The minimum absolute atomic E-state index is 0.114. The van der Waals surface area contributed by atoms with Gasteiger partial charge in [-0.2, -0.15) is 0 Å². The molecule has 0 amide bonds. The predicted octanol–water partition coefficient (Wildman–Crippen LogP) is 4.65. The fourth-order valence-corrected chi connectivity index (χ4v) is 3.16. The van der Waals surface area contributed by atoms with Gasteiger partial charge in [-0.15, -0.1) is 0 Å². The Morgan fingerprint density at radius 1 is 1.23 bits per heavy atom. The zero-order chi connectivity index (χ0) is 15.3. The number of hydrogen-bond acceptors (Lipinski definition) is 3. The van der Waals surface area contributed by atoms with Crippen LogP contribution in [0.5, 0.6) is 11.5 Å². The maximum Gasteiger partial charge on any atom is 0.232 e. The van der Waals surface area contributed by atoms with E-state index >= 15 is 0 Å². The number of Topliss-reactive ketones (excluding diaryl/α,β-unsaturated/α-hetero) is 1. The van der Waals surface area contributed by atoms with E-state index in [9.17, 15) is 9.90 Å². The number of ether oxygens (including phenoxy) is 1. The fraction of sp³-hybridized carbons (Fsp3) is 0.167. The van der Waals surface area contributed by atoms with Crippen molar-refractivity contribution in [2.75, 3.05) is 0 Å². The number of aromatic hydroxyl groups is 1. The number of para-hydroxylation sites is 1. The van der Waals surface area contributed by atoms with E-state index in [-0.39, 0.29) is 5.78 Å². The first kappa shape index (κ1) is 13.6. The Morgan fingerprint density at radius 3 is 2.77 bits per heavy atom. The van der Waals surface area contributed by atoms with E-state index in [4.69, 9.17) is 4.74 Å². The molecule has 1 heterocycles. The van der Waals surface area contributed by atoms with Crippen LogP contribution in [0.2, 0.25) is 0 Å². The van der Waals surface area contributed by atoms with Crippen molar-refractivity contribution in [3.8, 4) is 11.5 Å². The van der Waals surface area contributed by atoms with Gasteiger partial charge in [0.2, 0.25) is 5.78 Å². The van der Waals surface area contributed by atoms with Crippen LogP contribution in [0.25, 0.3) is 6.08 Å². The van der Waals surface area contributed by atoms with E-state index in [0.717, 1.165) is 28.4 Å². The summed E-state index contributed by atoms with van der Waals surface area (Å²) < 4.78 is 6.47. The van der Waals surface area contributed by atoms with E-state index in [2.05, 4.69) is 15.9 Å². The van der Waals surface area contributed by atoms with Crippen molar-refractivity contribution in [2.45, 2.75) is 18.8 Å². The highest BCUT2D eigenvalue weighted by Gasteiger charge is 2.29. The van der Waals surface area contributed by atoms with Crippen LogP contribution >= 0.6 is 15.9 Å². The molecular formula is C18H13BrO3. The Hall–Kier alpha value is -2.07. The number of phenolic OH excluding ortho intramolecular Hbond substituents is 1. The molecule has 1 N–H and O–H groups in total. The maximum absolute atomic E-state index is 12.4. The van der Waals surface area contributed by atoms with E-state index in [0.29, 0.717) is 28.7 Å². The summed E-state index contributed by atoms with van der Waals surface area (Å²) in [6.07, 6.45) is 3.96. The van der Waals surface area contributed by atoms with Crippen LogP contribution in [0, 0.1) is 0 Å². The monoisotopic (exact) mass is 356 g/mol. The van der Waals surface area contributed by atoms with E-state index in [1.165, 1.54) is 0 Å². The number of carbonyl (C=O) groups excluding carboxylic acids is 1. The molecule has 4 heteroatoms. The first-order chi connectivity index (χ1) is 10.6. The van der Waals surface area contributed by atoms with E-state index in [1.54, 1.807) is 24.3 Å². The molecule has 4 rings (SSSR count). The van der Waals surface area contributed by atoms with Crippen LogP contribution in [0.3, 0.4) is 0 Å². The Kier molecular flexibility index (Phi) is 3.08. The summed E-state index contributed by atoms with van der Waals surface area (Å²) >= 11 is 3.40. The first-order valence-corrected chi connectivity index (χ1v) is 7.98. The molecule has 2 aromatic rings. The minimum atomic E-state index is -0.114. The van der Waals surface area contributed by atoms with Gasteiger partial charge in [0.05, 0.1) is 10.0 Å². The highest BCUT2D eigenvalue weighted by molar-refractivity contribution is 9.10. The lowest BCUT2D eigenvalue weighted by Gasteiger charge is -2.05. The number of fused-ring (bicyclic) bond motifs is 1. The van der Waals surface area contributed by atoms with E-state index in [1.807, 2.05) is 18.2 Å². The van der Waals surface area contributed by atoms with Gasteiger partial charge < -0.3 is 9.84 Å². The summed E-state index contributed by atoms with van der Waals surface area (Å²) in [6, 6.07) is 10.8. The third-order valence-corrected chi connectivity index (χ3v) is 4.64. The Morgan fingerprint density at radius 2 is 2.05 bits per heavy atom. The normalized spacial score (nSPS) is 18.4. The van der Waals surface area contributed by atoms with Crippen LogP contribution in [-0.2, 0) is 0 Å². The average molecular weight is 357 g/mol. The van der Waals surface area contributed by atoms with Gasteiger partial charge in [-0.1, -0.05) is 12.1 Å². The van der Waals surface area contributed by atoms with Crippen molar-refractivity contribution in [3.63, 3.8) is 0 Å². The van der Waals surface area contributed by atoms with Gasteiger partial charge in [-0.3, -0.25) is 4.79 Å². The summed E-state index contributed by atoms with van der Waals surface area (Å²) in [5, 5.41) is 9.91. The second kappa shape index (κ2) is 4.99. The Balaban J connectivity index is 1.71. The summed E-state index contributed by atoms with van der Waals surface area (Å²) in [4.78, 5) is 12.4. The van der Waals surface area contributed by atoms with Crippen molar-refractivity contribution in [1.29, 1.82) is 0 Å². The molecule has 0 bridgehead atoms. The minimum Gasteiger partial charge on any atom is -0.508 e. The summed E-state index contributed by atoms with van der Waals surface area (Å²) in [7, 11) is 0. The zero-order valence-electron chi connectivity index (χ0n) is 11.7. The molecule has 3 nitrogen and oxygen atoms in total. The van der Waals surface area contributed by atoms with Crippen LogP contribution < -0.4 is 4.74 Å². The van der Waals surface area contributed by atoms with Crippen molar-refractivity contribution < 1.29 is 14.6 Å². The average Bonchev–Trinajstić information content (AvgIpc) is 3.29. The number of hydrogen-bond donors (Lipinski definition) is 1. The van der Waals surface area contributed by atoms with Gasteiger partial charge >= 0.3 is 0 Å². The molecule has 0 unspecified atom stereocenters. The molecule has 1 aliphatic carbocycles. The molecule has 0 aromatic heterocycles. The number of benzene rings is 2. The summed E-state index contributed by atoms with van der Waals surface area (Å²) in [5.74, 6) is 1.55. The molecule has 0 atom stereocenters. The van der Waals surface area contributed by atoms with Crippen molar-refractivity contribution in [1.82, 2.24) is 0 Å². The molecule has 0 spiro atoms. The first-order valence-electron chi connectivity index (χ1n) is 7.19. The standard InChI is InChI=1S/C18H13BrO3/c19-14-3-1-2-12-17(21)16(22-18(12)14)9-10-4-7-15(20)13(8-10)11-5-6-11/h1-4,7-9,11,20H,5-6H2/b16-9-. The molecule has 1 aliphatic heterocycles. The third kappa shape index (κ3) is 2.24. The van der Waals surface area contributed by atoms with Gasteiger partial charge in [0, 0.05) is 0 Å². The van der Waals surface area contributed by atoms with E-state index < -0.39 is 0 Å². The summed E-state index contributed by atoms with van der Waals surface area (Å²) in [5.41, 5.74) is 2.40. The van der Waals surface area contributed by atoms with Crippen molar-refractivity contribution >= 4 is 27.8 Å². The number of halogens is 1. The molecule has 110 valence electrons. The topological polar surface area (TPSA) is 46.5 Å². The van der Waals surface area contributed by atoms with Gasteiger partial charge in [0.15, 0.2) is 11.5 Å². The van der Waals surface area contributed by atoms with Crippen LogP contribution in [0.15, 0.2) is 46.6 Å². The number of ketones is 1. The van der Waals surface area contributed by atoms with Crippen LogP contribution in [0.1, 0.15) is 40.2 Å². The maximum atomic E-state index is 12.4. The highest BCUT2D eigenvalue weighted by atomic mass is 79.9. The fourth-order valence-electron chi connectivity index (χ4n) is 2.71. The second-order valence-electron chi connectivity index (χ2n) is 5.65.